The van der Waals surface area contributed by atoms with Crippen molar-refractivity contribution in [1.29, 1.82) is 26.3 Å². The van der Waals surface area contributed by atoms with Gasteiger partial charge in [-0.25, -0.2) is 31.1 Å². The molecule has 1 heterocycles. The molecule has 0 aromatic heterocycles. The first kappa shape index (κ1) is 105. The third kappa shape index (κ3) is 29.7. The first-order valence-corrected chi connectivity index (χ1v) is 35.8. The van der Waals surface area contributed by atoms with Crippen LogP contribution < -0.4 is 47.9 Å². The maximum Gasteiger partial charge on any atom is 0.417 e. The number of nitro groups is 3. The fourth-order valence-electron chi connectivity index (χ4n) is 9.86. The summed E-state index contributed by atoms with van der Waals surface area (Å²) in [6, 6.07) is 36.0. The van der Waals surface area contributed by atoms with Gasteiger partial charge >= 0.3 is 24.5 Å². The minimum atomic E-state index is -4.82. The fraction of sp³-hybridized carbons (Fsp3) is 0.175. The van der Waals surface area contributed by atoms with Crippen molar-refractivity contribution >= 4 is 110 Å². The number of hydrogen-bond acceptors (Lipinski definition) is 22. The van der Waals surface area contributed by atoms with Gasteiger partial charge in [-0.1, -0.05) is 0 Å². The Kier molecular flexibility index (Phi) is 37.9. The van der Waals surface area contributed by atoms with Crippen LogP contribution in [0.1, 0.15) is 118 Å². The second-order valence-corrected chi connectivity index (χ2v) is 26.9. The van der Waals surface area contributed by atoms with Crippen molar-refractivity contribution in [3.8, 4) is 29.7 Å². The number of thiocyanates is 1. The van der Waals surface area contributed by atoms with Gasteiger partial charge in [0.05, 0.1) is 124 Å². The minimum Gasteiger partial charge on any atom is -0.478 e. The number of nitrogens with zero attached hydrogens (tertiary/aromatic N) is 10. The molecule has 664 valence electrons. The lowest BCUT2D eigenvalue weighted by Gasteiger charge is -2.29. The SMILES string of the molecule is CNC(=O)c1ccc(N)cc1F.CNC(=O)c1ccc(N2C(=S)N(c3ccc(C#N)c(C(F)(F)F)c3)C(=O)C2(C)C)cc1F.CNC(=O)c1ccc(NC(C)(C)C#N)cc1F.CNC(=O)c1ccc([N+](=O)[O-])cc1F.Cc1ccc([N+](=O)[O-])cc1F.N#CSc1ccc(C#N)c(C(F)(F)F)c1.N#Cc1ccc(N)cc1C(F)(F)F.O=C(O)c1ccc([N+](=O)[O-])cc1F. The summed E-state index contributed by atoms with van der Waals surface area (Å²) >= 11 is 6.00. The normalized spacial score (nSPS) is 11.5. The molecule has 0 saturated carbocycles. The van der Waals surface area contributed by atoms with Crippen LogP contribution >= 0.6 is 24.0 Å². The molecule has 1 saturated heterocycles. The summed E-state index contributed by atoms with van der Waals surface area (Å²) in [5.74, 6) is -8.92. The van der Waals surface area contributed by atoms with Crippen molar-refractivity contribution in [1.82, 2.24) is 21.3 Å². The number of thioether (sulfide) groups is 1. The molecule has 0 bridgehead atoms. The molecule has 9 aromatic rings. The number of rotatable bonds is 13. The number of aromatic carboxylic acids is 1. The molecule has 9 aromatic carbocycles. The number of anilines is 5. The number of hydrogen-bond donors (Lipinski definition) is 8. The van der Waals surface area contributed by atoms with E-state index in [0.717, 1.165) is 77.7 Å². The highest BCUT2D eigenvalue weighted by atomic mass is 32.2. The molecule has 127 heavy (non-hydrogen) atoms. The van der Waals surface area contributed by atoms with E-state index in [1.807, 2.05) is 6.07 Å². The molecule has 30 nitrogen and oxygen atoms in total. The summed E-state index contributed by atoms with van der Waals surface area (Å²) in [4.78, 5) is 99.1. The van der Waals surface area contributed by atoms with Crippen LogP contribution in [0.2, 0.25) is 0 Å². The molecular weight excluding hydrogens is 1760 g/mol. The van der Waals surface area contributed by atoms with Crippen LogP contribution in [0.25, 0.3) is 0 Å². The van der Waals surface area contributed by atoms with Gasteiger partial charge in [0.15, 0.2) is 5.11 Å². The van der Waals surface area contributed by atoms with Gasteiger partial charge in [0, 0.05) is 74.0 Å². The number of nitrogen functional groups attached to an aromatic ring is 2. The van der Waals surface area contributed by atoms with Crippen LogP contribution in [0.15, 0.2) is 169 Å². The summed E-state index contributed by atoms with van der Waals surface area (Å²) in [7, 11) is 5.58. The number of aryl methyl sites for hydroxylation is 1. The number of halogens is 15. The first-order valence-electron chi connectivity index (χ1n) is 34.6. The Morgan fingerprint density at radius 2 is 0.819 bits per heavy atom. The summed E-state index contributed by atoms with van der Waals surface area (Å²) < 4.78 is 194. The van der Waals surface area contributed by atoms with Crippen LogP contribution in [0.4, 0.5) is 111 Å². The van der Waals surface area contributed by atoms with E-state index in [-0.39, 0.29) is 60.7 Å². The van der Waals surface area contributed by atoms with E-state index in [4.69, 9.17) is 55.1 Å². The predicted molar refractivity (Wildman–Crippen MR) is 432 cm³/mol. The molecule has 0 spiro atoms. The zero-order chi connectivity index (χ0) is 96.9. The fourth-order valence-corrected chi connectivity index (χ4v) is 10.8. The molecule has 0 aliphatic carbocycles. The number of nitriles is 5. The average molecular weight is 1820 g/mol. The lowest BCUT2D eigenvalue weighted by molar-refractivity contribution is -0.385. The third-order valence-electron chi connectivity index (χ3n) is 16.1. The molecule has 1 aliphatic rings. The lowest BCUT2D eigenvalue weighted by atomic mass is 10.0. The molecule has 1 fully saturated rings. The van der Waals surface area contributed by atoms with Gasteiger partial charge in [-0.05, 0) is 192 Å². The van der Waals surface area contributed by atoms with Crippen molar-refractivity contribution in [3.63, 3.8) is 0 Å². The highest BCUT2D eigenvalue weighted by Crippen LogP contribution is 2.41. The van der Waals surface area contributed by atoms with Crippen molar-refractivity contribution in [3.05, 3.63) is 296 Å². The quantitative estimate of drug-likeness (QED) is 0.0101. The predicted octanol–water partition coefficient (Wildman–Crippen LogP) is 16.5. The van der Waals surface area contributed by atoms with Gasteiger partial charge in [-0.3, -0.25) is 59.2 Å². The molecule has 1 aliphatic heterocycles. The number of thiocarbonyl (C=S) groups is 1. The van der Waals surface area contributed by atoms with Crippen LogP contribution in [-0.2, 0) is 23.3 Å². The third-order valence-corrected chi connectivity index (χ3v) is 17.1. The van der Waals surface area contributed by atoms with E-state index in [0.29, 0.717) is 46.9 Å². The Balaban J connectivity index is 0.000000386. The second-order valence-electron chi connectivity index (χ2n) is 25.7. The van der Waals surface area contributed by atoms with Crippen molar-refractivity contribution in [2.24, 2.45) is 0 Å². The molecule has 0 unspecified atom stereocenters. The van der Waals surface area contributed by atoms with Crippen LogP contribution in [0, 0.1) is 128 Å². The van der Waals surface area contributed by atoms with E-state index in [9.17, 15) is 125 Å². The number of carbonyl (C=O) groups excluding carboxylic acids is 5. The molecule has 0 radical (unpaired) electrons. The standard InChI is InChI=1S/C21H16F4N4O2S.C12H14FN3O.C9H3F3N2S.C8H5F3N2.C8H7FN2O3.C8H9FN2O.C7H4FNO4.C7H6FNO2/c1-20(2)18(31)28(12-5-4-11(10-26)15(8-12)21(23,24)25)19(32)29(20)13-6-7-14(16(22)9-13)17(30)27-3;1-12(2,7-14)16-8-4-5-9(10(13)6-8)11(17)15-3;10-9(11,12)8-3-7(15-5-14)2-1-6(8)4-13;9-8(10,11)7-3-6(13)2-1-5(7)4-12;1-10-8(12)6-3-2-5(11(13)14)4-7(6)9;1-11-8(12)6-3-2-5(10)4-7(6)9;8-6-3-4(9(12)13)1-2-5(6)7(10)11;1-5-2-3-6(9(10)11)4-7(5)8/h4-9H,1-3H3,(H,27,30);4-6,16H,1-3H3,(H,15,17);1-3H;1-3H,13H2;2-4H,1H3,(H,10,12);2-4H,10H2,1H3,(H,11,12);1-3H,(H,10,11);2-4H,1H3. The Hall–Kier alpha value is -16.0. The molecule has 10 N–H and O–H groups in total. The molecular formula is C80H64F15N17O13S2. The maximum absolute atomic E-state index is 14.5. The highest BCUT2D eigenvalue weighted by Gasteiger charge is 2.51. The molecule has 10 rings (SSSR count). The summed E-state index contributed by atoms with van der Waals surface area (Å²) in [5.41, 5.74) is 2.70. The minimum absolute atomic E-state index is 0.00620. The van der Waals surface area contributed by atoms with E-state index < -0.39 is 159 Å². The van der Waals surface area contributed by atoms with Crippen molar-refractivity contribution < 1.29 is 114 Å². The number of carbonyl (C=O) groups is 6. The van der Waals surface area contributed by atoms with E-state index >= 15 is 0 Å². The number of non-ortho nitro benzene ring substituents is 3. The Morgan fingerprint density at radius 1 is 0.472 bits per heavy atom. The monoisotopic (exact) mass is 1820 g/mol. The number of nitrogens with one attached hydrogen (secondary N) is 5. The average Bonchev–Trinajstić information content (AvgIpc) is 1.58. The van der Waals surface area contributed by atoms with Gasteiger partial charge in [-0.15, -0.1) is 0 Å². The van der Waals surface area contributed by atoms with Gasteiger partial charge in [0.25, 0.3) is 46.6 Å². The van der Waals surface area contributed by atoms with Gasteiger partial charge in [0.2, 0.25) is 0 Å². The lowest BCUT2D eigenvalue weighted by Crippen LogP contribution is -2.44. The number of nitrogens with two attached hydrogens (primary N) is 2. The largest absolute Gasteiger partial charge is 0.478 e. The Morgan fingerprint density at radius 3 is 1.20 bits per heavy atom. The van der Waals surface area contributed by atoms with Crippen LogP contribution in [-0.4, -0.2) is 99.8 Å². The summed E-state index contributed by atoms with van der Waals surface area (Å²) in [5, 5.41) is 95.4. The van der Waals surface area contributed by atoms with Gasteiger partial charge in [-0.2, -0.15) is 65.8 Å². The topological polar surface area (TPSA) is 490 Å². The zero-order valence-corrected chi connectivity index (χ0v) is 68.2. The van der Waals surface area contributed by atoms with E-state index in [1.54, 1.807) is 32.2 Å². The second kappa shape index (κ2) is 45.8. The number of amides is 5. The zero-order valence-electron chi connectivity index (χ0n) is 66.5. The first-order chi connectivity index (χ1) is 59.0. The number of benzene rings is 9. The van der Waals surface area contributed by atoms with E-state index in [2.05, 4.69) is 26.6 Å². The Labute approximate surface area is 718 Å². The van der Waals surface area contributed by atoms with Crippen LogP contribution in [0.5, 0.6) is 0 Å². The van der Waals surface area contributed by atoms with Gasteiger partial charge in [0.1, 0.15) is 51.4 Å². The van der Waals surface area contributed by atoms with Crippen molar-refractivity contribution in [2.45, 2.75) is 69.1 Å². The number of nitro benzene ring substituents is 3. The smallest absolute Gasteiger partial charge is 0.417 e. The number of alkyl halides is 9. The molecule has 5 amide bonds. The molecule has 0 atom stereocenters. The maximum atomic E-state index is 14.5. The number of carboxylic acid groups (broad SMARTS) is 1. The Bertz CT molecular complexity index is 5930. The van der Waals surface area contributed by atoms with E-state index in [1.165, 1.54) is 132 Å². The molecule has 47 heteroatoms. The van der Waals surface area contributed by atoms with Gasteiger partial charge < -0.3 is 48.1 Å². The highest BCUT2D eigenvalue weighted by molar-refractivity contribution is 8.03. The number of carboxylic acids is 1. The summed E-state index contributed by atoms with van der Waals surface area (Å²) in [6.45, 7) is 7.88. The summed E-state index contributed by atoms with van der Waals surface area (Å²) in [6.07, 6.45) is -13.9. The van der Waals surface area contributed by atoms with Crippen LogP contribution in [0.3, 0.4) is 0 Å². The van der Waals surface area contributed by atoms with Crippen molar-refractivity contribution in [2.75, 3.05) is 54.8 Å².